The molecule has 0 N–H and O–H groups in total. The third-order valence-corrected chi connectivity index (χ3v) is 4.31. The van der Waals surface area contributed by atoms with Gasteiger partial charge in [-0.3, -0.25) is 0 Å². The highest BCUT2D eigenvalue weighted by molar-refractivity contribution is 5.42. The lowest BCUT2D eigenvalue weighted by Gasteiger charge is -2.34. The van der Waals surface area contributed by atoms with E-state index in [1.54, 1.807) is 0 Å². The maximum Gasteiger partial charge on any atom is -0.0103 e. The molecule has 0 aromatic heterocycles. The Labute approximate surface area is 120 Å². The minimum atomic E-state index is 0.197. The van der Waals surface area contributed by atoms with Crippen molar-refractivity contribution in [2.75, 3.05) is 0 Å². The van der Waals surface area contributed by atoms with Gasteiger partial charge in [-0.1, -0.05) is 80.5 Å². The predicted octanol–water partition coefficient (Wildman–Crippen LogP) is 5.97. The molecule has 1 aromatic rings. The summed E-state index contributed by atoms with van der Waals surface area (Å²) in [6.07, 6.45) is 1.17. The molecule has 0 aliphatic rings. The molecule has 0 spiro atoms. The van der Waals surface area contributed by atoms with Crippen LogP contribution in [0, 0.1) is 0 Å². The van der Waals surface area contributed by atoms with Crippen LogP contribution in [0.5, 0.6) is 0 Å². The fourth-order valence-corrected chi connectivity index (χ4v) is 2.41. The Morgan fingerprint density at radius 1 is 0.737 bits per heavy atom. The lowest BCUT2D eigenvalue weighted by Crippen LogP contribution is -2.25. The Bertz CT molecular complexity index is 436. The average Bonchev–Trinajstić information content (AvgIpc) is 2.26. The van der Waals surface area contributed by atoms with Gasteiger partial charge in [-0.25, -0.2) is 0 Å². The fraction of sp³-hybridized carbons (Fsp3) is 0.684. The van der Waals surface area contributed by atoms with E-state index in [0.717, 1.165) is 0 Å². The van der Waals surface area contributed by atoms with Crippen molar-refractivity contribution in [3.63, 3.8) is 0 Å². The molecule has 0 fully saturated rings. The molecule has 0 unspecified atom stereocenters. The van der Waals surface area contributed by atoms with E-state index in [-0.39, 0.29) is 16.2 Å². The van der Waals surface area contributed by atoms with Crippen molar-refractivity contribution >= 4 is 0 Å². The van der Waals surface area contributed by atoms with E-state index in [2.05, 4.69) is 80.5 Å². The first-order valence-electron chi connectivity index (χ1n) is 7.55. The van der Waals surface area contributed by atoms with Crippen molar-refractivity contribution in [1.82, 2.24) is 0 Å². The number of benzene rings is 1. The van der Waals surface area contributed by atoms with Crippen molar-refractivity contribution in [2.24, 2.45) is 0 Å². The highest BCUT2D eigenvalue weighted by Gasteiger charge is 2.28. The number of rotatable bonds is 2. The number of hydrogen-bond donors (Lipinski definition) is 0. The first-order chi connectivity index (χ1) is 8.39. The van der Waals surface area contributed by atoms with E-state index < -0.39 is 0 Å². The zero-order valence-corrected chi connectivity index (χ0v) is 14.4. The molecule has 19 heavy (non-hydrogen) atoms. The maximum absolute atomic E-state index is 2.44. The van der Waals surface area contributed by atoms with Crippen LogP contribution in [-0.2, 0) is 16.2 Å². The summed E-state index contributed by atoms with van der Waals surface area (Å²) in [6.45, 7) is 20.8. The number of hydrogen-bond acceptors (Lipinski definition) is 0. The van der Waals surface area contributed by atoms with Crippen molar-refractivity contribution in [2.45, 2.75) is 85.0 Å². The standard InChI is InChI=1S/C19H32/c1-10-19(8,9)15-12-11-14(17(2,3)4)13-16(15)18(5,6)7/h11-13H,10H2,1-9H3. The molecule has 0 heterocycles. The van der Waals surface area contributed by atoms with Gasteiger partial charge in [-0.05, 0) is 39.4 Å². The van der Waals surface area contributed by atoms with Crippen molar-refractivity contribution in [3.8, 4) is 0 Å². The monoisotopic (exact) mass is 260 g/mol. The fourth-order valence-electron chi connectivity index (χ4n) is 2.41. The summed E-state index contributed by atoms with van der Waals surface area (Å²) in [4.78, 5) is 0. The Hall–Kier alpha value is -0.780. The molecule has 0 bridgehead atoms. The van der Waals surface area contributed by atoms with Gasteiger partial charge >= 0.3 is 0 Å². The van der Waals surface area contributed by atoms with Crippen LogP contribution in [0.3, 0.4) is 0 Å². The van der Waals surface area contributed by atoms with E-state index in [0.29, 0.717) is 0 Å². The van der Waals surface area contributed by atoms with Gasteiger partial charge < -0.3 is 0 Å². The molecular weight excluding hydrogens is 228 g/mol. The van der Waals surface area contributed by atoms with Crippen LogP contribution >= 0.6 is 0 Å². The zero-order chi connectivity index (χ0) is 15.1. The van der Waals surface area contributed by atoms with Crippen LogP contribution in [0.2, 0.25) is 0 Å². The lowest BCUT2D eigenvalue weighted by atomic mass is 9.71. The Morgan fingerprint density at radius 2 is 1.26 bits per heavy atom. The Morgan fingerprint density at radius 3 is 1.63 bits per heavy atom. The summed E-state index contributed by atoms with van der Waals surface area (Å²) in [5.74, 6) is 0. The topological polar surface area (TPSA) is 0 Å². The highest BCUT2D eigenvalue weighted by Crippen LogP contribution is 2.38. The molecule has 0 saturated heterocycles. The first kappa shape index (κ1) is 16.3. The molecular formula is C19H32. The van der Waals surface area contributed by atoms with Crippen molar-refractivity contribution in [1.29, 1.82) is 0 Å². The van der Waals surface area contributed by atoms with E-state index in [9.17, 15) is 0 Å². The molecule has 0 aliphatic carbocycles. The minimum Gasteiger partial charge on any atom is -0.0646 e. The predicted molar refractivity (Wildman–Crippen MR) is 87.2 cm³/mol. The second-order valence-corrected chi connectivity index (χ2v) is 8.50. The summed E-state index contributed by atoms with van der Waals surface area (Å²) in [5, 5.41) is 0. The van der Waals surface area contributed by atoms with E-state index in [1.807, 2.05) is 0 Å². The van der Waals surface area contributed by atoms with E-state index >= 15 is 0 Å². The summed E-state index contributed by atoms with van der Waals surface area (Å²) < 4.78 is 0. The molecule has 0 aliphatic heterocycles. The molecule has 0 saturated carbocycles. The quantitative estimate of drug-likeness (QED) is 0.614. The van der Waals surface area contributed by atoms with Crippen LogP contribution in [-0.4, -0.2) is 0 Å². The summed E-state index contributed by atoms with van der Waals surface area (Å²) >= 11 is 0. The van der Waals surface area contributed by atoms with Crippen LogP contribution in [0.25, 0.3) is 0 Å². The molecule has 0 atom stereocenters. The van der Waals surface area contributed by atoms with Crippen LogP contribution in [0.1, 0.15) is 85.4 Å². The lowest BCUT2D eigenvalue weighted by molar-refractivity contribution is 0.477. The van der Waals surface area contributed by atoms with Crippen LogP contribution in [0.15, 0.2) is 18.2 Å². The summed E-state index contributed by atoms with van der Waals surface area (Å²) in [6, 6.07) is 7.12. The van der Waals surface area contributed by atoms with Gasteiger partial charge in [-0.15, -0.1) is 0 Å². The second kappa shape index (κ2) is 4.96. The molecule has 0 heteroatoms. The van der Waals surface area contributed by atoms with Crippen LogP contribution in [0.4, 0.5) is 0 Å². The van der Waals surface area contributed by atoms with E-state index in [1.165, 1.54) is 23.1 Å². The minimum absolute atomic E-state index is 0.197. The molecule has 1 rings (SSSR count). The average molecular weight is 260 g/mol. The van der Waals surface area contributed by atoms with Gasteiger partial charge in [0, 0.05) is 0 Å². The normalized spacial score (nSPS) is 13.7. The summed E-state index contributed by atoms with van der Waals surface area (Å²) in [5.41, 5.74) is 5.12. The Balaban J connectivity index is 3.51. The van der Waals surface area contributed by atoms with E-state index in [4.69, 9.17) is 0 Å². The molecule has 0 amide bonds. The molecule has 1 aromatic carbocycles. The highest BCUT2D eigenvalue weighted by atomic mass is 14.3. The van der Waals surface area contributed by atoms with Gasteiger partial charge in [-0.2, -0.15) is 0 Å². The molecule has 0 radical (unpaired) electrons. The second-order valence-electron chi connectivity index (χ2n) is 8.50. The summed E-state index contributed by atoms with van der Waals surface area (Å²) in [7, 11) is 0. The van der Waals surface area contributed by atoms with Gasteiger partial charge in [0.15, 0.2) is 0 Å². The molecule has 0 nitrogen and oxygen atoms in total. The van der Waals surface area contributed by atoms with Gasteiger partial charge in [0.25, 0.3) is 0 Å². The first-order valence-corrected chi connectivity index (χ1v) is 7.55. The van der Waals surface area contributed by atoms with Gasteiger partial charge in [0.05, 0.1) is 0 Å². The van der Waals surface area contributed by atoms with Crippen molar-refractivity contribution < 1.29 is 0 Å². The maximum atomic E-state index is 2.44. The smallest absolute Gasteiger partial charge is 0.0103 e. The largest absolute Gasteiger partial charge is 0.0646 e. The Kier molecular flexibility index (Phi) is 4.25. The van der Waals surface area contributed by atoms with Gasteiger partial charge in [0.1, 0.15) is 0 Å². The zero-order valence-electron chi connectivity index (χ0n) is 14.4. The van der Waals surface area contributed by atoms with Crippen LogP contribution < -0.4 is 0 Å². The third kappa shape index (κ3) is 3.61. The van der Waals surface area contributed by atoms with Crippen molar-refractivity contribution in [3.05, 3.63) is 34.9 Å². The van der Waals surface area contributed by atoms with Gasteiger partial charge in [0.2, 0.25) is 0 Å². The molecule has 108 valence electrons. The third-order valence-electron chi connectivity index (χ3n) is 4.31. The SMILES string of the molecule is CCC(C)(C)c1ccc(C(C)(C)C)cc1C(C)(C)C.